The number of rotatable bonds is 9. The molecule has 2 aliphatic rings. The Bertz CT molecular complexity index is 699. The van der Waals surface area contributed by atoms with Crippen LogP contribution in [-0.2, 0) is 11.2 Å². The second kappa shape index (κ2) is 11.6. The number of hydrogen-bond donors (Lipinski definition) is 1. The summed E-state index contributed by atoms with van der Waals surface area (Å²) in [6, 6.07) is 4.29. The van der Waals surface area contributed by atoms with Gasteiger partial charge in [0.15, 0.2) is 11.6 Å². The first-order valence-electron chi connectivity index (χ1n) is 11.8. The fourth-order valence-electron chi connectivity index (χ4n) is 5.38. The van der Waals surface area contributed by atoms with Crippen LogP contribution in [-0.4, -0.2) is 11.1 Å². The molecule has 0 radical (unpaired) electrons. The van der Waals surface area contributed by atoms with Crippen molar-refractivity contribution in [2.45, 2.75) is 83.5 Å². The molecule has 0 aromatic heterocycles. The Morgan fingerprint density at radius 2 is 1.43 bits per heavy atom. The molecule has 30 heavy (non-hydrogen) atoms. The maximum Gasteiger partial charge on any atom is 0.307 e. The van der Waals surface area contributed by atoms with Crippen molar-refractivity contribution >= 4 is 5.97 Å². The number of allylic oxidation sites excluding steroid dienone is 1. The molecule has 3 rings (SSSR count). The van der Waals surface area contributed by atoms with Gasteiger partial charge in [0.2, 0.25) is 0 Å². The van der Waals surface area contributed by atoms with E-state index in [1.54, 1.807) is 6.07 Å². The van der Waals surface area contributed by atoms with Crippen LogP contribution in [0.5, 0.6) is 0 Å². The van der Waals surface area contributed by atoms with Gasteiger partial charge in [-0.2, -0.15) is 0 Å². The number of aryl methyl sites for hydroxylation is 1. The van der Waals surface area contributed by atoms with E-state index in [2.05, 4.69) is 6.08 Å². The van der Waals surface area contributed by atoms with Crippen LogP contribution < -0.4 is 0 Å². The van der Waals surface area contributed by atoms with Crippen LogP contribution in [0.15, 0.2) is 30.4 Å². The third kappa shape index (κ3) is 7.52. The van der Waals surface area contributed by atoms with Gasteiger partial charge in [0.05, 0.1) is 6.42 Å². The van der Waals surface area contributed by atoms with Gasteiger partial charge in [-0.25, -0.2) is 8.78 Å². The predicted octanol–water partition coefficient (Wildman–Crippen LogP) is 7.32. The van der Waals surface area contributed by atoms with Gasteiger partial charge < -0.3 is 5.11 Å². The van der Waals surface area contributed by atoms with E-state index in [1.165, 1.54) is 76.3 Å². The summed E-state index contributed by atoms with van der Waals surface area (Å²) in [5.41, 5.74) is 0.907. The standard InChI is InChI=1S/C26H36F2O2/c27-24-17-16-23(18-25(24)28)15-14-22-12-10-21(11-13-22)9-8-20-6-4-19(5-7-20)2-1-3-26(29)30/h1-2,16-22H,3-15H2,(H,29,30)/t19-,20-,21-,22-. The monoisotopic (exact) mass is 418 g/mol. The van der Waals surface area contributed by atoms with Crippen molar-refractivity contribution in [1.82, 2.24) is 0 Å². The molecule has 166 valence electrons. The minimum Gasteiger partial charge on any atom is -0.481 e. The Balaban J connectivity index is 1.28. The highest BCUT2D eigenvalue weighted by atomic mass is 19.2. The Labute approximate surface area is 179 Å². The molecule has 2 nitrogen and oxygen atoms in total. The lowest BCUT2D eigenvalue weighted by Gasteiger charge is -2.31. The van der Waals surface area contributed by atoms with Crippen LogP contribution in [0, 0.1) is 35.3 Å². The Morgan fingerprint density at radius 3 is 2.00 bits per heavy atom. The Kier molecular flexibility index (Phi) is 8.89. The molecule has 1 N–H and O–H groups in total. The number of carboxylic acids is 1. The van der Waals surface area contributed by atoms with E-state index in [9.17, 15) is 13.6 Å². The van der Waals surface area contributed by atoms with E-state index in [4.69, 9.17) is 5.11 Å². The normalized spacial score (nSPS) is 27.4. The molecule has 0 heterocycles. The maximum atomic E-state index is 13.3. The van der Waals surface area contributed by atoms with Crippen molar-refractivity contribution < 1.29 is 18.7 Å². The minimum atomic E-state index is -0.762. The molecule has 2 fully saturated rings. The van der Waals surface area contributed by atoms with Gasteiger partial charge in [-0.1, -0.05) is 56.7 Å². The van der Waals surface area contributed by atoms with Gasteiger partial charge in [0.25, 0.3) is 0 Å². The van der Waals surface area contributed by atoms with E-state index in [-0.39, 0.29) is 6.42 Å². The molecule has 0 unspecified atom stereocenters. The smallest absolute Gasteiger partial charge is 0.307 e. The molecular weight excluding hydrogens is 382 g/mol. The summed E-state index contributed by atoms with van der Waals surface area (Å²) < 4.78 is 26.4. The Morgan fingerprint density at radius 1 is 0.867 bits per heavy atom. The minimum absolute atomic E-state index is 0.142. The zero-order valence-corrected chi connectivity index (χ0v) is 18.0. The average molecular weight is 419 g/mol. The predicted molar refractivity (Wildman–Crippen MR) is 116 cm³/mol. The second-order valence-corrected chi connectivity index (χ2v) is 9.56. The largest absolute Gasteiger partial charge is 0.481 e. The van der Waals surface area contributed by atoms with Crippen LogP contribution in [0.4, 0.5) is 8.78 Å². The van der Waals surface area contributed by atoms with Crippen LogP contribution in [0.1, 0.15) is 82.6 Å². The number of carboxylic acid groups (broad SMARTS) is 1. The molecule has 0 amide bonds. The first-order chi connectivity index (χ1) is 14.5. The van der Waals surface area contributed by atoms with Crippen molar-refractivity contribution in [3.8, 4) is 0 Å². The van der Waals surface area contributed by atoms with Crippen molar-refractivity contribution in [1.29, 1.82) is 0 Å². The maximum absolute atomic E-state index is 13.3. The molecule has 0 bridgehead atoms. The molecular formula is C26H36F2O2. The highest BCUT2D eigenvalue weighted by molar-refractivity contribution is 5.68. The van der Waals surface area contributed by atoms with Crippen LogP contribution in [0.25, 0.3) is 0 Å². The van der Waals surface area contributed by atoms with E-state index >= 15 is 0 Å². The highest BCUT2D eigenvalue weighted by Gasteiger charge is 2.24. The highest BCUT2D eigenvalue weighted by Crippen LogP contribution is 2.38. The lowest BCUT2D eigenvalue weighted by Crippen LogP contribution is -2.18. The van der Waals surface area contributed by atoms with Crippen LogP contribution >= 0.6 is 0 Å². The van der Waals surface area contributed by atoms with Crippen LogP contribution in [0.2, 0.25) is 0 Å². The van der Waals surface area contributed by atoms with Gasteiger partial charge in [0, 0.05) is 0 Å². The Hall–Kier alpha value is -1.71. The summed E-state index contributed by atoms with van der Waals surface area (Å²) in [6.07, 6.45) is 18.8. The van der Waals surface area contributed by atoms with Crippen molar-refractivity contribution in [3.63, 3.8) is 0 Å². The molecule has 1 aromatic rings. The summed E-state index contributed by atoms with van der Waals surface area (Å²) in [7, 11) is 0. The number of benzene rings is 1. The quantitative estimate of drug-likeness (QED) is 0.427. The average Bonchev–Trinajstić information content (AvgIpc) is 2.74. The van der Waals surface area contributed by atoms with Crippen molar-refractivity contribution in [2.75, 3.05) is 0 Å². The molecule has 2 aliphatic carbocycles. The molecule has 0 saturated heterocycles. The summed E-state index contributed by atoms with van der Waals surface area (Å²) in [5, 5.41) is 8.72. The summed E-state index contributed by atoms with van der Waals surface area (Å²) in [4.78, 5) is 10.6. The SMILES string of the molecule is O=C(O)CC=C[C@H]1CC[C@H](CC[C@H]2CC[C@H](CCc3ccc(F)c(F)c3)CC2)CC1. The van der Waals surface area contributed by atoms with Gasteiger partial charge in [-0.15, -0.1) is 0 Å². The third-order valence-electron chi connectivity index (χ3n) is 7.37. The van der Waals surface area contributed by atoms with Gasteiger partial charge in [-0.05, 0) is 79.9 Å². The van der Waals surface area contributed by atoms with Gasteiger partial charge in [-0.3, -0.25) is 4.79 Å². The lowest BCUT2D eigenvalue weighted by atomic mass is 9.74. The fourth-order valence-corrected chi connectivity index (χ4v) is 5.38. The molecule has 0 aliphatic heterocycles. The molecule has 0 spiro atoms. The van der Waals surface area contributed by atoms with E-state index in [0.717, 1.165) is 36.2 Å². The van der Waals surface area contributed by atoms with E-state index in [1.807, 2.05) is 6.08 Å². The topological polar surface area (TPSA) is 37.3 Å². The van der Waals surface area contributed by atoms with E-state index in [0.29, 0.717) is 5.92 Å². The fraction of sp³-hybridized carbons (Fsp3) is 0.654. The summed E-state index contributed by atoms with van der Waals surface area (Å²) in [6.45, 7) is 0. The first kappa shape index (κ1) is 23.0. The van der Waals surface area contributed by atoms with Gasteiger partial charge in [0.1, 0.15) is 0 Å². The first-order valence-corrected chi connectivity index (χ1v) is 11.8. The third-order valence-corrected chi connectivity index (χ3v) is 7.37. The number of carbonyl (C=O) groups is 1. The van der Waals surface area contributed by atoms with Crippen molar-refractivity contribution in [3.05, 3.63) is 47.5 Å². The second-order valence-electron chi connectivity index (χ2n) is 9.56. The molecule has 0 atom stereocenters. The molecule has 2 saturated carbocycles. The zero-order chi connectivity index (χ0) is 21.3. The number of hydrogen-bond acceptors (Lipinski definition) is 1. The lowest BCUT2D eigenvalue weighted by molar-refractivity contribution is -0.136. The zero-order valence-electron chi connectivity index (χ0n) is 18.0. The summed E-state index contributed by atoms with van der Waals surface area (Å²) in [5.74, 6) is 0.758. The van der Waals surface area contributed by atoms with Crippen molar-refractivity contribution in [2.24, 2.45) is 23.7 Å². The number of halogens is 2. The van der Waals surface area contributed by atoms with Gasteiger partial charge >= 0.3 is 5.97 Å². The number of aliphatic carboxylic acids is 1. The molecule has 4 heteroatoms. The van der Waals surface area contributed by atoms with Crippen LogP contribution in [0.3, 0.4) is 0 Å². The molecule has 1 aromatic carbocycles. The van der Waals surface area contributed by atoms with E-state index < -0.39 is 17.6 Å². The summed E-state index contributed by atoms with van der Waals surface area (Å²) >= 11 is 0.